The van der Waals surface area contributed by atoms with Crippen LogP contribution in [0.3, 0.4) is 0 Å². The van der Waals surface area contributed by atoms with E-state index in [1.807, 2.05) is 0 Å². The summed E-state index contributed by atoms with van der Waals surface area (Å²) < 4.78 is 0. The van der Waals surface area contributed by atoms with E-state index in [2.05, 4.69) is 5.32 Å². The molecule has 1 atom stereocenters. The van der Waals surface area contributed by atoms with Crippen LogP contribution in [0.5, 0.6) is 0 Å². The van der Waals surface area contributed by atoms with Crippen LogP contribution in [-0.4, -0.2) is 27.9 Å². The first-order chi connectivity index (χ1) is 12.9. The molecule has 0 aliphatic heterocycles. The van der Waals surface area contributed by atoms with Gasteiger partial charge in [-0.3, -0.25) is 14.9 Å². The molecular formula is C20H24N2O5. The van der Waals surface area contributed by atoms with Crippen LogP contribution in [-0.2, 0) is 16.0 Å². The van der Waals surface area contributed by atoms with Gasteiger partial charge in [0.25, 0.3) is 5.69 Å². The Labute approximate surface area is 157 Å². The van der Waals surface area contributed by atoms with Crippen LogP contribution in [0.4, 0.5) is 5.69 Å². The summed E-state index contributed by atoms with van der Waals surface area (Å²) in [5, 5.41) is 23.5. The van der Waals surface area contributed by atoms with Crippen molar-refractivity contribution in [2.24, 2.45) is 23.2 Å². The number of carboxylic acid groups (broad SMARTS) is 1. The molecule has 4 aliphatic rings. The molecule has 5 rings (SSSR count). The molecule has 4 bridgehead atoms. The summed E-state index contributed by atoms with van der Waals surface area (Å²) in [7, 11) is 0. The minimum absolute atomic E-state index is 0.0927. The van der Waals surface area contributed by atoms with Gasteiger partial charge >= 0.3 is 5.97 Å². The van der Waals surface area contributed by atoms with Crippen LogP contribution < -0.4 is 5.32 Å². The molecule has 27 heavy (non-hydrogen) atoms. The standard InChI is InChI=1S/C20H24N2O5/c23-18(24)16(8-15-3-1-2-4-17(15)22(26)27)21-19(25)20-9-12-5-13(10-20)7-14(6-12)11-20/h1-4,12-14,16H,5-11H2,(H,21,25)(H,23,24)/t12?,13?,14?,16-,20?/m0/s1. The predicted molar refractivity (Wildman–Crippen MR) is 97.0 cm³/mol. The van der Waals surface area contributed by atoms with Crippen molar-refractivity contribution in [3.05, 3.63) is 39.9 Å². The van der Waals surface area contributed by atoms with Gasteiger partial charge in [0.05, 0.1) is 4.92 Å². The topological polar surface area (TPSA) is 110 Å². The smallest absolute Gasteiger partial charge is 0.326 e. The number of carbonyl (C=O) groups excluding carboxylic acids is 1. The molecule has 0 saturated heterocycles. The summed E-state index contributed by atoms with van der Waals surface area (Å²) in [6.07, 6.45) is 6.06. The van der Waals surface area contributed by atoms with Gasteiger partial charge in [0.1, 0.15) is 6.04 Å². The number of nitrogens with zero attached hydrogens (tertiary/aromatic N) is 1. The third-order valence-corrected chi connectivity index (χ3v) is 6.74. The molecule has 1 amide bonds. The number of hydrogen-bond donors (Lipinski definition) is 2. The highest BCUT2D eigenvalue weighted by Crippen LogP contribution is 2.60. The maximum atomic E-state index is 13.1. The second-order valence-electron chi connectivity index (χ2n) is 8.65. The Bertz CT molecular complexity index is 755. The molecule has 4 fully saturated rings. The van der Waals surface area contributed by atoms with Crippen LogP contribution in [0.25, 0.3) is 0 Å². The zero-order valence-corrected chi connectivity index (χ0v) is 15.1. The van der Waals surface area contributed by atoms with E-state index in [1.165, 1.54) is 25.3 Å². The van der Waals surface area contributed by atoms with Gasteiger partial charge < -0.3 is 10.4 Å². The fraction of sp³-hybridized carbons (Fsp3) is 0.600. The quantitative estimate of drug-likeness (QED) is 0.589. The number of nitro benzene ring substituents is 1. The van der Waals surface area contributed by atoms with E-state index in [0.29, 0.717) is 23.3 Å². The Morgan fingerprint density at radius 3 is 2.22 bits per heavy atom. The van der Waals surface area contributed by atoms with Gasteiger partial charge in [0, 0.05) is 23.5 Å². The second-order valence-corrected chi connectivity index (χ2v) is 8.65. The van der Waals surface area contributed by atoms with Gasteiger partial charge in [-0.15, -0.1) is 0 Å². The molecule has 0 aromatic heterocycles. The van der Waals surface area contributed by atoms with Crippen molar-refractivity contribution in [1.82, 2.24) is 5.32 Å². The third-order valence-electron chi connectivity index (χ3n) is 6.74. The number of amides is 1. The first-order valence-corrected chi connectivity index (χ1v) is 9.62. The van der Waals surface area contributed by atoms with Crippen molar-refractivity contribution in [3.63, 3.8) is 0 Å². The van der Waals surface area contributed by atoms with Gasteiger partial charge in [-0.25, -0.2) is 4.79 Å². The Morgan fingerprint density at radius 2 is 1.70 bits per heavy atom. The molecule has 1 aromatic carbocycles. The Balaban J connectivity index is 1.52. The van der Waals surface area contributed by atoms with E-state index in [0.717, 1.165) is 19.3 Å². The molecular weight excluding hydrogens is 348 g/mol. The zero-order valence-electron chi connectivity index (χ0n) is 15.1. The van der Waals surface area contributed by atoms with E-state index in [1.54, 1.807) is 18.2 Å². The summed E-state index contributed by atoms with van der Waals surface area (Å²) in [5.41, 5.74) is -0.237. The molecule has 7 heteroatoms. The molecule has 7 nitrogen and oxygen atoms in total. The number of rotatable bonds is 6. The third kappa shape index (κ3) is 3.31. The lowest BCUT2D eigenvalue weighted by molar-refractivity contribution is -0.385. The molecule has 1 aromatic rings. The monoisotopic (exact) mass is 372 g/mol. The fourth-order valence-electron chi connectivity index (χ4n) is 5.98. The first kappa shape index (κ1) is 17.9. The number of hydrogen-bond acceptors (Lipinski definition) is 4. The summed E-state index contributed by atoms with van der Waals surface area (Å²) in [5.74, 6) is 0.417. The van der Waals surface area contributed by atoms with E-state index in [-0.39, 0.29) is 18.0 Å². The van der Waals surface area contributed by atoms with E-state index < -0.39 is 22.3 Å². The van der Waals surface area contributed by atoms with Crippen LogP contribution in [0.15, 0.2) is 24.3 Å². The van der Waals surface area contributed by atoms with E-state index in [4.69, 9.17) is 0 Å². The molecule has 144 valence electrons. The van der Waals surface area contributed by atoms with Crippen molar-refractivity contribution in [3.8, 4) is 0 Å². The van der Waals surface area contributed by atoms with E-state index in [9.17, 15) is 24.8 Å². The highest BCUT2D eigenvalue weighted by Gasteiger charge is 2.55. The van der Waals surface area contributed by atoms with Crippen molar-refractivity contribution in [2.75, 3.05) is 0 Å². The average molecular weight is 372 g/mol. The number of carbonyl (C=O) groups is 2. The predicted octanol–water partition coefficient (Wildman–Crippen LogP) is 2.92. The number of nitro groups is 1. The molecule has 0 radical (unpaired) electrons. The normalized spacial score (nSPS) is 32.1. The number of carboxylic acids is 1. The Kier molecular flexibility index (Phi) is 4.40. The van der Waals surface area contributed by atoms with Gasteiger partial charge in [-0.1, -0.05) is 18.2 Å². The average Bonchev–Trinajstić information content (AvgIpc) is 2.60. The Morgan fingerprint density at radius 1 is 1.15 bits per heavy atom. The van der Waals surface area contributed by atoms with Crippen molar-refractivity contribution >= 4 is 17.6 Å². The molecule has 2 N–H and O–H groups in total. The highest BCUT2D eigenvalue weighted by atomic mass is 16.6. The molecule has 4 saturated carbocycles. The second kappa shape index (κ2) is 6.62. The van der Waals surface area contributed by atoms with Crippen molar-refractivity contribution in [2.45, 2.75) is 51.0 Å². The summed E-state index contributed by atoms with van der Waals surface area (Å²) >= 11 is 0. The van der Waals surface area contributed by atoms with Gasteiger partial charge in [0.15, 0.2) is 0 Å². The van der Waals surface area contributed by atoms with Crippen LogP contribution in [0.1, 0.15) is 44.1 Å². The highest BCUT2D eigenvalue weighted by molar-refractivity contribution is 5.88. The van der Waals surface area contributed by atoms with E-state index >= 15 is 0 Å². The summed E-state index contributed by atoms with van der Waals surface area (Å²) in [4.78, 5) is 35.6. The summed E-state index contributed by atoms with van der Waals surface area (Å²) in [6.45, 7) is 0. The maximum absolute atomic E-state index is 13.1. The van der Waals surface area contributed by atoms with Gasteiger partial charge in [-0.05, 0) is 56.3 Å². The first-order valence-electron chi connectivity index (χ1n) is 9.62. The van der Waals surface area contributed by atoms with Crippen LogP contribution in [0.2, 0.25) is 0 Å². The SMILES string of the molecule is O=C(O)[C@H](Cc1ccccc1[N+](=O)[O-])NC(=O)C12CC3CC(CC(C3)C1)C2. The minimum Gasteiger partial charge on any atom is -0.480 e. The van der Waals surface area contributed by atoms with Crippen molar-refractivity contribution < 1.29 is 19.6 Å². The lowest BCUT2D eigenvalue weighted by atomic mass is 9.49. The number of aliphatic carboxylic acids is 1. The molecule has 0 heterocycles. The number of nitrogens with one attached hydrogen (secondary N) is 1. The van der Waals surface area contributed by atoms with Gasteiger partial charge in [-0.2, -0.15) is 0 Å². The molecule has 0 unspecified atom stereocenters. The van der Waals surface area contributed by atoms with Crippen molar-refractivity contribution in [1.29, 1.82) is 0 Å². The minimum atomic E-state index is -1.16. The maximum Gasteiger partial charge on any atom is 0.326 e. The Hall–Kier alpha value is -2.44. The zero-order chi connectivity index (χ0) is 19.2. The number of benzene rings is 1. The largest absolute Gasteiger partial charge is 0.480 e. The fourth-order valence-corrected chi connectivity index (χ4v) is 5.98. The van der Waals surface area contributed by atoms with Crippen LogP contribution >= 0.6 is 0 Å². The van der Waals surface area contributed by atoms with Gasteiger partial charge in [0.2, 0.25) is 5.91 Å². The van der Waals surface area contributed by atoms with Crippen LogP contribution in [0, 0.1) is 33.3 Å². The number of para-hydroxylation sites is 1. The molecule has 0 spiro atoms. The summed E-state index contributed by atoms with van der Waals surface area (Å²) in [6, 6.07) is 4.93. The lowest BCUT2D eigenvalue weighted by Gasteiger charge is -2.55. The lowest BCUT2D eigenvalue weighted by Crippen LogP contribution is -2.56. The molecule has 4 aliphatic carbocycles.